The maximum absolute atomic E-state index is 13.6. The minimum atomic E-state index is -0.660. The molecule has 0 fully saturated rings. The summed E-state index contributed by atoms with van der Waals surface area (Å²) in [7, 11) is 0. The van der Waals surface area contributed by atoms with Gasteiger partial charge in [-0.3, -0.25) is 24.0 Å². The van der Waals surface area contributed by atoms with E-state index in [2.05, 4.69) is 23.7 Å². The van der Waals surface area contributed by atoms with Crippen LogP contribution in [0.5, 0.6) is 0 Å². The van der Waals surface area contributed by atoms with Crippen LogP contribution in [-0.4, -0.2) is 40.1 Å². The lowest BCUT2D eigenvalue weighted by Gasteiger charge is -2.26. The molecule has 180 valence electrons. The van der Waals surface area contributed by atoms with E-state index < -0.39 is 11.2 Å². The fourth-order valence-corrected chi connectivity index (χ4v) is 5.90. The average Bonchev–Trinajstić information content (AvgIpc) is 3.29. The van der Waals surface area contributed by atoms with Gasteiger partial charge in [0.25, 0.3) is 11.5 Å². The van der Waals surface area contributed by atoms with E-state index in [-0.39, 0.29) is 35.8 Å². The van der Waals surface area contributed by atoms with Crippen molar-refractivity contribution in [3.8, 4) is 0 Å². The number of thiophene rings is 1. The van der Waals surface area contributed by atoms with Crippen LogP contribution in [0.3, 0.4) is 0 Å². The normalized spacial score (nSPS) is 11.6. The summed E-state index contributed by atoms with van der Waals surface area (Å²) in [5.74, 6) is -0.109. The summed E-state index contributed by atoms with van der Waals surface area (Å²) in [5.41, 5.74) is 5.08. The van der Waals surface area contributed by atoms with Crippen molar-refractivity contribution in [2.24, 2.45) is 11.8 Å². The van der Waals surface area contributed by atoms with Gasteiger partial charge in [-0.05, 0) is 31.7 Å². The van der Waals surface area contributed by atoms with Crippen LogP contribution in [0.1, 0.15) is 51.2 Å². The second kappa shape index (κ2) is 10.1. The molecule has 0 aromatic carbocycles. The lowest BCUT2D eigenvalue weighted by Crippen LogP contribution is -2.42. The third kappa shape index (κ3) is 5.14. The van der Waals surface area contributed by atoms with Crippen molar-refractivity contribution in [2.45, 2.75) is 48.1 Å². The molecule has 3 heterocycles. The monoisotopic (exact) mass is 492 g/mol. The molecule has 0 aliphatic heterocycles. The fourth-order valence-electron chi connectivity index (χ4n) is 3.62. The Morgan fingerprint density at radius 2 is 1.82 bits per heavy atom. The van der Waals surface area contributed by atoms with Gasteiger partial charge in [-0.2, -0.15) is 0 Å². The van der Waals surface area contributed by atoms with Gasteiger partial charge in [-0.25, -0.2) is 9.78 Å². The van der Waals surface area contributed by atoms with Gasteiger partial charge < -0.3 is 10.6 Å². The number of anilines is 3. The van der Waals surface area contributed by atoms with Gasteiger partial charge in [0.15, 0.2) is 10.8 Å². The first kappa shape index (κ1) is 25.0. The van der Waals surface area contributed by atoms with Crippen LogP contribution >= 0.6 is 22.7 Å². The SMILES string of the molecule is CCN(CC)c1nc2sc(C(=O)N(CC(C)C)c3c(N)n(CC(C)C)c(=O)[nH]c3=O)cc2s1. The zero-order valence-electron chi connectivity index (χ0n) is 20.0. The standard InChI is InChI=1S/C22H32N6O3S2/c1-7-26(8-2)22-25-19-14(33-22)9-15(32-19)20(30)27(10-12(3)4)16-17(23)28(11-13(5)6)21(31)24-18(16)29/h9,12-13H,7-8,10-11,23H2,1-6H3,(H,24,29,31). The average molecular weight is 493 g/mol. The minimum absolute atomic E-state index is 0.00626. The van der Waals surface area contributed by atoms with Crippen molar-refractivity contribution < 1.29 is 4.79 Å². The highest BCUT2D eigenvalue weighted by Crippen LogP contribution is 2.35. The number of carbonyl (C=O) groups excluding carboxylic acids is 1. The summed E-state index contributed by atoms with van der Waals surface area (Å²) >= 11 is 2.85. The third-order valence-electron chi connectivity index (χ3n) is 5.15. The molecule has 0 aliphatic carbocycles. The Morgan fingerprint density at radius 3 is 2.36 bits per heavy atom. The number of amides is 1. The number of aromatic amines is 1. The highest BCUT2D eigenvalue weighted by Gasteiger charge is 2.28. The van der Waals surface area contributed by atoms with Gasteiger partial charge in [0.1, 0.15) is 10.6 Å². The van der Waals surface area contributed by atoms with Crippen molar-refractivity contribution in [2.75, 3.05) is 35.2 Å². The molecule has 0 saturated heterocycles. The summed E-state index contributed by atoms with van der Waals surface area (Å²) in [6.45, 7) is 14.3. The lowest BCUT2D eigenvalue weighted by molar-refractivity contribution is 0.0987. The predicted molar refractivity (Wildman–Crippen MR) is 138 cm³/mol. The Balaban J connectivity index is 2.07. The highest BCUT2D eigenvalue weighted by atomic mass is 32.1. The maximum Gasteiger partial charge on any atom is 0.330 e. The van der Waals surface area contributed by atoms with E-state index in [1.807, 2.05) is 33.8 Å². The molecule has 3 aromatic rings. The zero-order chi connectivity index (χ0) is 24.4. The van der Waals surface area contributed by atoms with Crippen molar-refractivity contribution in [1.82, 2.24) is 14.5 Å². The largest absolute Gasteiger partial charge is 0.383 e. The van der Waals surface area contributed by atoms with Crippen molar-refractivity contribution in [3.05, 3.63) is 31.8 Å². The number of hydrogen-bond acceptors (Lipinski definition) is 8. The van der Waals surface area contributed by atoms with E-state index in [4.69, 9.17) is 10.7 Å². The number of nitrogens with zero attached hydrogens (tertiary/aromatic N) is 4. The van der Waals surface area contributed by atoms with Crippen molar-refractivity contribution in [1.29, 1.82) is 0 Å². The Hall–Kier alpha value is -2.66. The van der Waals surface area contributed by atoms with Crippen LogP contribution in [-0.2, 0) is 6.54 Å². The number of nitrogens with one attached hydrogen (secondary N) is 1. The predicted octanol–water partition coefficient (Wildman–Crippen LogP) is 3.60. The number of aromatic nitrogens is 3. The topological polar surface area (TPSA) is 117 Å². The Morgan fingerprint density at radius 1 is 1.15 bits per heavy atom. The highest BCUT2D eigenvalue weighted by molar-refractivity contribution is 7.29. The molecule has 0 saturated carbocycles. The van der Waals surface area contributed by atoms with Crippen LogP contribution < -0.4 is 26.8 Å². The quantitative estimate of drug-likeness (QED) is 0.471. The van der Waals surface area contributed by atoms with Gasteiger partial charge in [-0.15, -0.1) is 11.3 Å². The van der Waals surface area contributed by atoms with E-state index in [0.717, 1.165) is 27.8 Å². The molecule has 3 N–H and O–H groups in total. The van der Waals surface area contributed by atoms with Gasteiger partial charge in [-0.1, -0.05) is 39.0 Å². The van der Waals surface area contributed by atoms with Gasteiger partial charge in [0.05, 0.1) is 9.58 Å². The summed E-state index contributed by atoms with van der Waals surface area (Å²) in [6.07, 6.45) is 0. The molecule has 3 aromatic heterocycles. The molecule has 1 amide bonds. The number of hydrogen-bond donors (Lipinski definition) is 2. The summed E-state index contributed by atoms with van der Waals surface area (Å²) in [6, 6.07) is 1.83. The van der Waals surface area contributed by atoms with E-state index in [1.54, 1.807) is 11.3 Å². The van der Waals surface area contributed by atoms with Crippen molar-refractivity contribution >= 4 is 54.7 Å². The molecule has 9 nitrogen and oxygen atoms in total. The number of fused-ring (bicyclic) bond motifs is 1. The molecule has 0 spiro atoms. The number of nitrogens with two attached hydrogens (primary N) is 1. The number of H-pyrrole nitrogens is 1. The van der Waals surface area contributed by atoms with Crippen LogP contribution in [0.2, 0.25) is 0 Å². The third-order valence-corrected chi connectivity index (χ3v) is 7.36. The van der Waals surface area contributed by atoms with E-state index in [0.29, 0.717) is 11.4 Å². The van der Waals surface area contributed by atoms with E-state index in [9.17, 15) is 14.4 Å². The van der Waals surface area contributed by atoms with Gasteiger partial charge in [0.2, 0.25) is 0 Å². The number of nitrogen functional groups attached to an aromatic ring is 1. The molecule has 33 heavy (non-hydrogen) atoms. The molecule has 0 bridgehead atoms. The van der Waals surface area contributed by atoms with Crippen LogP contribution in [0.25, 0.3) is 9.53 Å². The van der Waals surface area contributed by atoms with Gasteiger partial charge in [0, 0.05) is 26.2 Å². The number of thiazole rings is 1. The molecule has 0 aliphatic rings. The lowest BCUT2D eigenvalue weighted by atomic mass is 10.2. The molecular weight excluding hydrogens is 460 g/mol. The van der Waals surface area contributed by atoms with E-state index >= 15 is 0 Å². The second-order valence-electron chi connectivity index (χ2n) is 8.76. The minimum Gasteiger partial charge on any atom is -0.383 e. The molecule has 0 radical (unpaired) electrons. The summed E-state index contributed by atoms with van der Waals surface area (Å²) in [5, 5.41) is 0.931. The summed E-state index contributed by atoms with van der Waals surface area (Å²) < 4.78 is 2.26. The van der Waals surface area contributed by atoms with Gasteiger partial charge >= 0.3 is 5.69 Å². The Kier molecular flexibility index (Phi) is 7.63. The smallest absolute Gasteiger partial charge is 0.330 e. The van der Waals surface area contributed by atoms with Crippen LogP contribution in [0.15, 0.2) is 15.7 Å². The second-order valence-corrected chi connectivity index (χ2v) is 10.8. The maximum atomic E-state index is 13.6. The van der Waals surface area contributed by atoms with Crippen LogP contribution in [0.4, 0.5) is 16.6 Å². The first-order valence-corrected chi connectivity index (χ1v) is 12.8. The summed E-state index contributed by atoms with van der Waals surface area (Å²) in [4.78, 5) is 50.7. The first-order chi connectivity index (χ1) is 15.6. The number of carbonyl (C=O) groups is 1. The van der Waals surface area contributed by atoms with E-state index in [1.165, 1.54) is 20.8 Å². The first-order valence-electron chi connectivity index (χ1n) is 11.2. The molecule has 0 atom stereocenters. The number of rotatable bonds is 9. The molecule has 0 unspecified atom stereocenters. The van der Waals surface area contributed by atoms with Crippen LogP contribution in [0, 0.1) is 11.8 Å². The zero-order valence-corrected chi connectivity index (χ0v) is 21.6. The Bertz CT molecular complexity index is 1220. The molecule has 3 rings (SSSR count). The Labute approximate surface area is 200 Å². The van der Waals surface area contributed by atoms with Crippen molar-refractivity contribution in [3.63, 3.8) is 0 Å². The molecular formula is C22H32N6O3S2. The fraction of sp³-hybridized carbons (Fsp3) is 0.545. The molecule has 11 heteroatoms.